The maximum absolute atomic E-state index is 12.3. The van der Waals surface area contributed by atoms with Gasteiger partial charge in [0, 0.05) is 52.2 Å². The molecule has 1 amide bonds. The van der Waals surface area contributed by atoms with Crippen LogP contribution in [0.5, 0.6) is 0 Å². The number of benzene rings is 3. The summed E-state index contributed by atoms with van der Waals surface area (Å²) in [6.07, 6.45) is 2.63. The van der Waals surface area contributed by atoms with Gasteiger partial charge in [-0.25, -0.2) is 4.79 Å². The second-order valence-electron chi connectivity index (χ2n) is 7.33. The zero-order valence-electron chi connectivity index (χ0n) is 17.9. The number of fused-ring (bicyclic) bond motifs is 3. The molecule has 1 aromatic heterocycles. The van der Waals surface area contributed by atoms with E-state index in [9.17, 15) is 19.7 Å². The molecular weight excluding hydrogens is 422 g/mol. The molecule has 0 aliphatic rings. The zero-order valence-corrected chi connectivity index (χ0v) is 17.9. The minimum Gasteiger partial charge on any atom is -0.452 e. The number of aromatic nitrogens is 1. The Morgan fingerprint density at radius 1 is 1.03 bits per heavy atom. The van der Waals surface area contributed by atoms with E-state index >= 15 is 0 Å². The minimum atomic E-state index is -0.690. The van der Waals surface area contributed by atoms with Gasteiger partial charge < -0.3 is 14.6 Å². The highest BCUT2D eigenvalue weighted by Gasteiger charge is 2.11. The summed E-state index contributed by atoms with van der Waals surface area (Å²) in [5.41, 5.74) is 3.39. The molecule has 0 atom stereocenters. The highest BCUT2D eigenvalue weighted by molar-refractivity contribution is 6.09. The fraction of sp³-hybridized carbons (Fsp3) is 0.120. The van der Waals surface area contributed by atoms with Crippen LogP contribution >= 0.6 is 0 Å². The van der Waals surface area contributed by atoms with Gasteiger partial charge in [-0.3, -0.25) is 14.9 Å². The number of ether oxygens (including phenoxy) is 1. The van der Waals surface area contributed by atoms with Crippen molar-refractivity contribution in [1.29, 1.82) is 0 Å². The first kappa shape index (κ1) is 21.8. The van der Waals surface area contributed by atoms with E-state index in [1.54, 1.807) is 0 Å². The first-order chi connectivity index (χ1) is 16.0. The summed E-state index contributed by atoms with van der Waals surface area (Å²) >= 11 is 0. The minimum absolute atomic E-state index is 0.0381. The van der Waals surface area contributed by atoms with Crippen molar-refractivity contribution in [3.8, 4) is 0 Å². The average molecular weight is 443 g/mol. The van der Waals surface area contributed by atoms with E-state index < -0.39 is 23.4 Å². The van der Waals surface area contributed by atoms with E-state index in [4.69, 9.17) is 4.74 Å². The number of nitrogens with one attached hydrogen (secondary N) is 1. The van der Waals surface area contributed by atoms with Gasteiger partial charge in [-0.2, -0.15) is 0 Å². The number of carbonyl (C=O) groups excluding carboxylic acids is 2. The van der Waals surface area contributed by atoms with Crippen LogP contribution in [0.15, 0.2) is 72.8 Å². The van der Waals surface area contributed by atoms with Crippen LogP contribution in [0.2, 0.25) is 0 Å². The number of para-hydroxylation sites is 1. The molecule has 4 aromatic rings. The predicted octanol–water partition coefficient (Wildman–Crippen LogP) is 4.92. The summed E-state index contributed by atoms with van der Waals surface area (Å²) in [5, 5.41) is 15.6. The summed E-state index contributed by atoms with van der Waals surface area (Å²) in [4.78, 5) is 34.3. The lowest BCUT2D eigenvalue weighted by Crippen LogP contribution is -2.20. The van der Waals surface area contributed by atoms with Crippen molar-refractivity contribution < 1.29 is 19.2 Å². The molecule has 1 heterocycles. The third-order valence-electron chi connectivity index (χ3n) is 5.23. The smallest absolute Gasteiger partial charge is 0.331 e. The second kappa shape index (κ2) is 9.35. The van der Waals surface area contributed by atoms with Gasteiger partial charge in [0.2, 0.25) is 0 Å². The fourth-order valence-electron chi connectivity index (χ4n) is 3.73. The van der Waals surface area contributed by atoms with Gasteiger partial charge in [0.15, 0.2) is 6.61 Å². The molecule has 0 saturated heterocycles. The van der Waals surface area contributed by atoms with E-state index in [1.165, 1.54) is 36.4 Å². The summed E-state index contributed by atoms with van der Waals surface area (Å²) in [6, 6.07) is 19.5. The molecule has 8 nitrogen and oxygen atoms in total. The number of nitrogens with zero attached hydrogens (tertiary/aromatic N) is 2. The number of nitro benzene ring substituents is 1. The topological polar surface area (TPSA) is 103 Å². The summed E-state index contributed by atoms with van der Waals surface area (Å²) in [6.45, 7) is 2.49. The van der Waals surface area contributed by atoms with Gasteiger partial charge in [0.25, 0.3) is 11.6 Å². The van der Waals surface area contributed by atoms with E-state index in [0.29, 0.717) is 11.3 Å². The van der Waals surface area contributed by atoms with Crippen molar-refractivity contribution in [2.24, 2.45) is 0 Å². The predicted molar refractivity (Wildman–Crippen MR) is 127 cm³/mol. The maximum Gasteiger partial charge on any atom is 0.331 e. The van der Waals surface area contributed by atoms with E-state index in [2.05, 4.69) is 28.9 Å². The Balaban J connectivity index is 1.38. The first-order valence-electron chi connectivity index (χ1n) is 10.4. The fourth-order valence-corrected chi connectivity index (χ4v) is 3.73. The van der Waals surface area contributed by atoms with Crippen LogP contribution in [0.1, 0.15) is 12.5 Å². The number of hydrogen-bond donors (Lipinski definition) is 1. The van der Waals surface area contributed by atoms with Crippen LogP contribution in [-0.2, 0) is 20.9 Å². The quantitative estimate of drug-likeness (QED) is 0.189. The second-order valence-corrected chi connectivity index (χ2v) is 7.33. The normalized spacial score (nSPS) is 11.2. The molecule has 0 radical (unpaired) electrons. The van der Waals surface area contributed by atoms with Crippen LogP contribution in [0, 0.1) is 10.1 Å². The monoisotopic (exact) mass is 443 g/mol. The van der Waals surface area contributed by atoms with Crippen molar-refractivity contribution in [1.82, 2.24) is 4.57 Å². The highest BCUT2D eigenvalue weighted by Crippen LogP contribution is 2.30. The Morgan fingerprint density at radius 2 is 1.76 bits per heavy atom. The van der Waals surface area contributed by atoms with Crippen molar-refractivity contribution in [3.05, 3.63) is 88.5 Å². The number of non-ortho nitro benzene ring substituents is 1. The molecule has 0 unspecified atom stereocenters. The Labute approximate surface area is 189 Å². The third kappa shape index (κ3) is 4.74. The van der Waals surface area contributed by atoms with Crippen LogP contribution < -0.4 is 5.32 Å². The molecule has 0 bridgehead atoms. The van der Waals surface area contributed by atoms with Gasteiger partial charge >= 0.3 is 5.97 Å². The number of rotatable bonds is 7. The van der Waals surface area contributed by atoms with E-state index in [-0.39, 0.29) is 5.69 Å². The summed E-state index contributed by atoms with van der Waals surface area (Å²) < 4.78 is 7.21. The largest absolute Gasteiger partial charge is 0.452 e. The van der Waals surface area contributed by atoms with Crippen molar-refractivity contribution in [3.63, 3.8) is 0 Å². The molecule has 0 aliphatic carbocycles. The Bertz CT molecular complexity index is 1390. The molecule has 33 heavy (non-hydrogen) atoms. The Hall–Kier alpha value is -4.46. The molecular formula is C25H21N3O5. The van der Waals surface area contributed by atoms with Gasteiger partial charge in [0.1, 0.15) is 0 Å². The molecule has 166 valence electrons. The van der Waals surface area contributed by atoms with Gasteiger partial charge in [-0.1, -0.05) is 18.2 Å². The zero-order chi connectivity index (χ0) is 23.4. The van der Waals surface area contributed by atoms with E-state index in [1.807, 2.05) is 30.3 Å². The SMILES string of the molecule is CCn1c2ccccc2c2cc(NC(=O)COC(=O)/C=C/c3ccc([N+](=O)[O-])cc3)ccc21. The standard InChI is InChI=1S/C25H21N3O5/c1-2-27-22-6-4-3-5-20(22)21-15-18(10-13-23(21)27)26-24(29)16-33-25(30)14-9-17-7-11-19(12-8-17)28(31)32/h3-15H,2,16H2,1H3,(H,26,29)/b14-9+. The van der Waals surface area contributed by atoms with Crippen LogP contribution in [0.4, 0.5) is 11.4 Å². The molecule has 8 heteroatoms. The van der Waals surface area contributed by atoms with Crippen LogP contribution in [0.25, 0.3) is 27.9 Å². The Morgan fingerprint density at radius 3 is 2.48 bits per heavy atom. The molecule has 1 N–H and O–H groups in total. The lowest BCUT2D eigenvalue weighted by molar-refractivity contribution is -0.384. The number of aryl methyl sites for hydroxylation is 1. The van der Waals surface area contributed by atoms with Gasteiger partial charge in [-0.15, -0.1) is 0 Å². The number of esters is 1. The Kier molecular flexibility index (Phi) is 6.17. The molecule has 0 aliphatic heterocycles. The number of anilines is 1. The molecule has 3 aromatic carbocycles. The maximum atomic E-state index is 12.3. The van der Waals surface area contributed by atoms with Crippen LogP contribution in [-0.4, -0.2) is 28.0 Å². The lowest BCUT2D eigenvalue weighted by atomic mass is 10.1. The van der Waals surface area contributed by atoms with Crippen molar-refractivity contribution >= 4 is 51.1 Å². The summed E-state index contributed by atoms with van der Waals surface area (Å²) in [7, 11) is 0. The third-order valence-corrected chi connectivity index (χ3v) is 5.23. The molecule has 0 saturated carbocycles. The van der Waals surface area contributed by atoms with Gasteiger partial charge in [-0.05, 0) is 55.0 Å². The molecule has 4 rings (SSSR count). The van der Waals surface area contributed by atoms with Gasteiger partial charge in [0.05, 0.1) is 4.92 Å². The molecule has 0 spiro atoms. The summed E-state index contributed by atoms with van der Waals surface area (Å²) in [5.74, 6) is -1.14. The number of hydrogen-bond acceptors (Lipinski definition) is 5. The van der Waals surface area contributed by atoms with Crippen molar-refractivity contribution in [2.75, 3.05) is 11.9 Å². The lowest BCUT2D eigenvalue weighted by Gasteiger charge is -2.07. The average Bonchev–Trinajstić information content (AvgIpc) is 3.14. The van der Waals surface area contributed by atoms with Crippen molar-refractivity contribution in [2.45, 2.75) is 13.5 Å². The number of amides is 1. The first-order valence-corrected chi connectivity index (χ1v) is 10.4. The highest BCUT2D eigenvalue weighted by atomic mass is 16.6. The number of nitro groups is 1. The van der Waals surface area contributed by atoms with E-state index in [0.717, 1.165) is 28.4 Å². The number of carbonyl (C=O) groups is 2. The van der Waals surface area contributed by atoms with Crippen LogP contribution in [0.3, 0.4) is 0 Å². The molecule has 0 fully saturated rings.